The van der Waals surface area contributed by atoms with Crippen molar-refractivity contribution >= 4 is 25.0 Å². The van der Waals surface area contributed by atoms with Crippen molar-refractivity contribution in [2.75, 3.05) is 0 Å². The Morgan fingerprint density at radius 1 is 1.42 bits per heavy atom. The van der Waals surface area contributed by atoms with Crippen LogP contribution < -0.4 is 4.35 Å². The summed E-state index contributed by atoms with van der Waals surface area (Å²) in [4.78, 5) is 9.64. The molecule has 0 amide bonds. The number of rotatable bonds is 2. The molecule has 0 saturated carbocycles. The van der Waals surface area contributed by atoms with Gasteiger partial charge in [-0.05, 0) is 0 Å². The van der Waals surface area contributed by atoms with Gasteiger partial charge in [0.05, 0.1) is 0 Å². The van der Waals surface area contributed by atoms with E-state index in [1.54, 1.807) is 0 Å². The maximum absolute atomic E-state index is 10.7. The number of nitrogens with zero attached hydrogens (tertiary/aromatic N) is 1. The van der Waals surface area contributed by atoms with Crippen LogP contribution in [0.5, 0.6) is 0 Å². The van der Waals surface area contributed by atoms with E-state index in [-0.39, 0.29) is 10.0 Å². The second-order valence-electron chi connectivity index (χ2n) is 2.02. The molecule has 1 aromatic carbocycles. The van der Waals surface area contributed by atoms with Crippen LogP contribution in [0.4, 0.5) is 5.69 Å². The Balaban J connectivity index is 3.27. The molecule has 1 rings (SSSR count). The first-order valence-corrected chi connectivity index (χ1v) is 5.57. The monoisotopic (exact) mass is 230 g/mol. The molecule has 0 aromatic heterocycles. The summed E-state index contributed by atoms with van der Waals surface area (Å²) in [6.45, 7) is 0. The van der Waals surface area contributed by atoms with Crippen molar-refractivity contribution in [2.24, 2.45) is 0 Å². The van der Waals surface area contributed by atoms with Crippen LogP contribution in [0.1, 0.15) is 0 Å². The molecule has 0 heterocycles. The van der Waals surface area contributed by atoms with E-state index in [0.717, 1.165) is 0 Å². The van der Waals surface area contributed by atoms with Gasteiger partial charge in [-0.3, -0.25) is 0 Å². The van der Waals surface area contributed by atoms with Crippen LogP contribution in [-0.4, -0.2) is 24.0 Å². The van der Waals surface area contributed by atoms with Gasteiger partial charge < -0.3 is 0 Å². The van der Waals surface area contributed by atoms with Gasteiger partial charge in [-0.15, -0.1) is 0 Å². The fourth-order valence-electron chi connectivity index (χ4n) is 0.780. The quantitative estimate of drug-likeness (QED) is 0.430. The third-order valence-electron chi connectivity index (χ3n) is 1.28. The normalized spacial score (nSPS) is 10.9. The van der Waals surface area contributed by atoms with Crippen LogP contribution in [0, 0.1) is 10.1 Å². The predicted octanol–water partition coefficient (Wildman–Crippen LogP) is -0.287. The van der Waals surface area contributed by atoms with Crippen molar-refractivity contribution < 1.29 is 12.8 Å². The number of hydrogen-bond donors (Lipinski definition) is 1. The summed E-state index contributed by atoms with van der Waals surface area (Å²) >= 11 is -3.38. The zero-order chi connectivity index (χ0) is 9.14. The van der Waals surface area contributed by atoms with E-state index in [4.69, 9.17) is 4.10 Å². The molecule has 1 unspecified atom stereocenters. The number of hydrogen-bond acceptors (Lipinski definition) is 3. The van der Waals surface area contributed by atoms with Gasteiger partial charge in [0.2, 0.25) is 0 Å². The SMILES string of the molecule is O=[N+]([O-])c1ccccc1[As](=O)O. The van der Waals surface area contributed by atoms with Crippen LogP contribution in [-0.2, 0) is 3.74 Å². The molecule has 0 bridgehead atoms. The molecule has 0 spiro atoms. The molecule has 12 heavy (non-hydrogen) atoms. The van der Waals surface area contributed by atoms with Gasteiger partial charge in [0.25, 0.3) is 0 Å². The minimum atomic E-state index is -3.38. The van der Waals surface area contributed by atoms with E-state index in [2.05, 4.69) is 0 Å². The van der Waals surface area contributed by atoms with Crippen LogP contribution in [0.25, 0.3) is 0 Å². The Kier molecular flexibility index (Phi) is 2.68. The summed E-state index contributed by atoms with van der Waals surface area (Å²) in [6.07, 6.45) is 0. The third-order valence-corrected chi connectivity index (χ3v) is 2.94. The van der Waals surface area contributed by atoms with Crippen molar-refractivity contribution in [1.29, 1.82) is 0 Å². The van der Waals surface area contributed by atoms with Gasteiger partial charge in [0, 0.05) is 0 Å². The van der Waals surface area contributed by atoms with Crippen LogP contribution >= 0.6 is 0 Å². The zero-order valence-electron chi connectivity index (χ0n) is 5.88. The molecule has 1 atom stereocenters. The summed E-state index contributed by atoms with van der Waals surface area (Å²) in [7, 11) is 0. The molecule has 0 saturated heterocycles. The second kappa shape index (κ2) is 3.56. The van der Waals surface area contributed by atoms with E-state index < -0.39 is 19.9 Å². The standard InChI is InChI=1S/C6H5AsNO4/c9-7(10)5-3-1-2-4-6(5)8(11)12/h1-4H,(H,9,10). The van der Waals surface area contributed by atoms with Gasteiger partial charge in [-0.2, -0.15) is 0 Å². The Hall–Kier alpha value is -1.06. The third kappa shape index (κ3) is 1.75. The molecule has 1 aromatic rings. The number of para-hydroxylation sites is 1. The summed E-state index contributed by atoms with van der Waals surface area (Å²) < 4.78 is 19.3. The molecular weight excluding hydrogens is 225 g/mol. The van der Waals surface area contributed by atoms with E-state index in [1.807, 2.05) is 0 Å². The molecule has 0 aliphatic carbocycles. The van der Waals surface area contributed by atoms with Crippen molar-refractivity contribution in [3.8, 4) is 0 Å². The first-order valence-electron chi connectivity index (χ1n) is 3.02. The summed E-state index contributed by atoms with van der Waals surface area (Å²) in [5.74, 6) is 0. The second-order valence-corrected chi connectivity index (χ2v) is 4.17. The summed E-state index contributed by atoms with van der Waals surface area (Å²) in [5.41, 5.74) is -0.282. The fraction of sp³-hybridized carbons (Fsp3) is 0. The van der Waals surface area contributed by atoms with Gasteiger partial charge in [-0.1, -0.05) is 0 Å². The van der Waals surface area contributed by atoms with Crippen molar-refractivity contribution in [1.82, 2.24) is 0 Å². The van der Waals surface area contributed by atoms with E-state index in [0.29, 0.717) is 0 Å². The minimum absolute atomic E-state index is 0.0602. The van der Waals surface area contributed by atoms with Gasteiger partial charge in [0.15, 0.2) is 0 Å². The Morgan fingerprint density at radius 3 is 2.42 bits per heavy atom. The Morgan fingerprint density at radius 2 is 2.00 bits per heavy atom. The predicted molar refractivity (Wildman–Crippen MR) is 41.4 cm³/mol. The maximum atomic E-state index is 10.7. The first kappa shape index (κ1) is 9.03. The molecule has 0 aliphatic heterocycles. The van der Waals surface area contributed by atoms with Gasteiger partial charge >= 0.3 is 72.1 Å². The summed E-state index contributed by atoms with van der Waals surface area (Å²) in [6, 6.07) is 5.47. The fourth-order valence-corrected chi connectivity index (χ4v) is 1.97. The number of benzene rings is 1. The van der Waals surface area contributed by atoms with Gasteiger partial charge in [-0.25, -0.2) is 0 Å². The molecule has 1 N–H and O–H groups in total. The number of nitro groups is 1. The van der Waals surface area contributed by atoms with Crippen molar-refractivity contribution in [3.05, 3.63) is 34.4 Å². The Bertz CT molecular complexity index is 305. The average molecular weight is 230 g/mol. The van der Waals surface area contributed by atoms with Crippen molar-refractivity contribution in [2.45, 2.75) is 0 Å². The van der Waals surface area contributed by atoms with Crippen LogP contribution in [0.2, 0.25) is 0 Å². The molecule has 0 aliphatic rings. The first-order chi connectivity index (χ1) is 5.63. The molecule has 5 nitrogen and oxygen atoms in total. The van der Waals surface area contributed by atoms with Crippen molar-refractivity contribution in [3.63, 3.8) is 0 Å². The molecule has 63 valence electrons. The molecular formula is C6H5AsNO4. The molecule has 6 heteroatoms. The van der Waals surface area contributed by atoms with E-state index in [9.17, 15) is 13.9 Å². The topological polar surface area (TPSA) is 80.4 Å². The average Bonchev–Trinajstić information content (AvgIpc) is 2.04. The summed E-state index contributed by atoms with van der Waals surface area (Å²) in [5, 5.41) is 10.3. The zero-order valence-corrected chi connectivity index (χ0v) is 7.75. The molecule has 1 radical (unpaired) electrons. The van der Waals surface area contributed by atoms with E-state index >= 15 is 0 Å². The van der Waals surface area contributed by atoms with E-state index in [1.165, 1.54) is 24.3 Å². The van der Waals surface area contributed by atoms with Crippen LogP contribution in [0.15, 0.2) is 24.3 Å². The van der Waals surface area contributed by atoms with Gasteiger partial charge in [0.1, 0.15) is 0 Å². The molecule has 0 fully saturated rings. The number of nitro benzene ring substituents is 1. The van der Waals surface area contributed by atoms with Crippen LogP contribution in [0.3, 0.4) is 0 Å². The Labute approximate surface area is 72.6 Å².